The van der Waals surface area contributed by atoms with Gasteiger partial charge in [-0.3, -0.25) is 4.90 Å². The van der Waals surface area contributed by atoms with E-state index in [4.69, 9.17) is 4.74 Å². The van der Waals surface area contributed by atoms with Crippen molar-refractivity contribution in [3.63, 3.8) is 0 Å². The predicted octanol–water partition coefficient (Wildman–Crippen LogP) is 2.14. The number of fused-ring (bicyclic) bond motifs is 1. The van der Waals surface area contributed by atoms with E-state index in [1.165, 1.54) is 32.2 Å². The minimum Gasteiger partial charge on any atom is -0.393 e. The van der Waals surface area contributed by atoms with Crippen molar-refractivity contribution in [1.82, 2.24) is 4.90 Å². The maximum atomic E-state index is 9.56. The van der Waals surface area contributed by atoms with Crippen LogP contribution in [0.1, 0.15) is 51.4 Å². The highest BCUT2D eigenvalue weighted by Crippen LogP contribution is 2.33. The molecule has 3 aliphatic rings. The Labute approximate surface area is 104 Å². The van der Waals surface area contributed by atoms with Crippen LogP contribution in [0.25, 0.3) is 0 Å². The molecule has 17 heavy (non-hydrogen) atoms. The molecule has 2 saturated carbocycles. The van der Waals surface area contributed by atoms with Gasteiger partial charge in [-0.15, -0.1) is 0 Å². The lowest BCUT2D eigenvalue weighted by Gasteiger charge is -2.45. The van der Waals surface area contributed by atoms with E-state index >= 15 is 0 Å². The highest BCUT2D eigenvalue weighted by Gasteiger charge is 2.35. The topological polar surface area (TPSA) is 32.7 Å². The molecule has 98 valence electrons. The van der Waals surface area contributed by atoms with Gasteiger partial charge in [-0.05, 0) is 44.4 Å². The Kier molecular flexibility index (Phi) is 3.69. The molecule has 2 aliphatic carbocycles. The highest BCUT2D eigenvalue weighted by atomic mass is 16.5. The molecule has 1 heterocycles. The fourth-order valence-corrected chi connectivity index (χ4v) is 3.83. The monoisotopic (exact) mass is 239 g/mol. The second kappa shape index (κ2) is 5.25. The van der Waals surface area contributed by atoms with E-state index < -0.39 is 0 Å². The van der Waals surface area contributed by atoms with E-state index in [-0.39, 0.29) is 6.10 Å². The Balaban J connectivity index is 1.54. The van der Waals surface area contributed by atoms with Crippen molar-refractivity contribution in [3.05, 3.63) is 0 Å². The van der Waals surface area contributed by atoms with Crippen LogP contribution in [0, 0.1) is 5.92 Å². The van der Waals surface area contributed by atoms with E-state index in [2.05, 4.69) is 4.90 Å². The number of aliphatic hydroxyl groups is 1. The van der Waals surface area contributed by atoms with Gasteiger partial charge in [0.05, 0.1) is 18.9 Å². The molecule has 1 N–H and O–H groups in total. The van der Waals surface area contributed by atoms with Crippen LogP contribution in [0.2, 0.25) is 0 Å². The molecule has 0 radical (unpaired) electrons. The summed E-state index contributed by atoms with van der Waals surface area (Å²) in [6.45, 7) is 2.08. The quantitative estimate of drug-likeness (QED) is 0.761. The van der Waals surface area contributed by atoms with Gasteiger partial charge < -0.3 is 9.84 Å². The van der Waals surface area contributed by atoms with Crippen LogP contribution in [-0.4, -0.2) is 41.5 Å². The second-order valence-electron chi connectivity index (χ2n) is 6.11. The van der Waals surface area contributed by atoms with Crippen molar-refractivity contribution in [2.24, 2.45) is 5.92 Å². The van der Waals surface area contributed by atoms with Crippen LogP contribution in [0.15, 0.2) is 0 Å². The molecule has 1 aliphatic heterocycles. The summed E-state index contributed by atoms with van der Waals surface area (Å²) in [6.07, 6.45) is 10.2. The molecule has 2 atom stereocenters. The minimum atomic E-state index is -0.0422. The average molecular weight is 239 g/mol. The number of hydrogen-bond donors (Lipinski definition) is 1. The third-order valence-corrected chi connectivity index (χ3v) is 4.95. The van der Waals surface area contributed by atoms with Gasteiger partial charge in [0.1, 0.15) is 0 Å². The first kappa shape index (κ1) is 11.9. The SMILES string of the molecule is OC1CCC(N2COC3CCCCC3C2)CC1. The summed E-state index contributed by atoms with van der Waals surface area (Å²) in [6, 6.07) is 0.668. The van der Waals surface area contributed by atoms with Gasteiger partial charge in [0.2, 0.25) is 0 Å². The second-order valence-corrected chi connectivity index (χ2v) is 6.11. The van der Waals surface area contributed by atoms with Crippen molar-refractivity contribution in [3.8, 4) is 0 Å². The third-order valence-electron chi connectivity index (χ3n) is 4.95. The predicted molar refractivity (Wildman–Crippen MR) is 66.7 cm³/mol. The maximum absolute atomic E-state index is 9.56. The zero-order chi connectivity index (χ0) is 11.7. The summed E-state index contributed by atoms with van der Waals surface area (Å²) in [5.41, 5.74) is 0. The van der Waals surface area contributed by atoms with Crippen LogP contribution in [0.5, 0.6) is 0 Å². The largest absolute Gasteiger partial charge is 0.393 e. The maximum Gasteiger partial charge on any atom is 0.0996 e. The van der Waals surface area contributed by atoms with Gasteiger partial charge in [-0.2, -0.15) is 0 Å². The lowest BCUT2D eigenvalue weighted by Crippen LogP contribution is -2.51. The third kappa shape index (κ3) is 2.67. The number of hydrogen-bond acceptors (Lipinski definition) is 3. The zero-order valence-corrected chi connectivity index (χ0v) is 10.7. The van der Waals surface area contributed by atoms with E-state index in [1.807, 2.05) is 0 Å². The van der Waals surface area contributed by atoms with Gasteiger partial charge in [0, 0.05) is 12.6 Å². The molecule has 0 aromatic rings. The lowest BCUT2D eigenvalue weighted by molar-refractivity contribution is -0.135. The van der Waals surface area contributed by atoms with Crippen LogP contribution >= 0.6 is 0 Å². The molecule has 3 fully saturated rings. The number of nitrogens with zero attached hydrogens (tertiary/aromatic N) is 1. The van der Waals surface area contributed by atoms with E-state index in [1.54, 1.807) is 0 Å². The summed E-state index contributed by atoms with van der Waals surface area (Å²) in [5, 5.41) is 9.56. The first-order chi connectivity index (χ1) is 8.33. The molecular formula is C14H25NO2. The zero-order valence-electron chi connectivity index (χ0n) is 10.7. The van der Waals surface area contributed by atoms with E-state index in [0.717, 1.165) is 38.3 Å². The Morgan fingerprint density at radius 2 is 1.71 bits per heavy atom. The molecular weight excluding hydrogens is 214 g/mol. The van der Waals surface area contributed by atoms with Crippen LogP contribution < -0.4 is 0 Å². The lowest BCUT2D eigenvalue weighted by atomic mass is 9.84. The molecule has 0 spiro atoms. The van der Waals surface area contributed by atoms with Crippen molar-refractivity contribution < 1.29 is 9.84 Å². The summed E-state index contributed by atoms with van der Waals surface area (Å²) >= 11 is 0. The average Bonchev–Trinajstić information content (AvgIpc) is 2.39. The molecule has 0 amide bonds. The Bertz CT molecular complexity index is 251. The van der Waals surface area contributed by atoms with Gasteiger partial charge in [-0.1, -0.05) is 12.8 Å². The van der Waals surface area contributed by atoms with Crippen LogP contribution in [0.4, 0.5) is 0 Å². The Morgan fingerprint density at radius 1 is 0.941 bits per heavy atom. The minimum absolute atomic E-state index is 0.0422. The standard InChI is InChI=1S/C14H25NO2/c16-13-7-5-12(6-8-13)15-9-11-3-1-2-4-14(11)17-10-15/h11-14,16H,1-10H2. The number of ether oxygens (including phenoxy) is 1. The molecule has 0 aromatic heterocycles. The number of aliphatic hydroxyl groups excluding tert-OH is 1. The first-order valence-electron chi connectivity index (χ1n) is 7.36. The molecule has 3 rings (SSSR count). The fraction of sp³-hybridized carbons (Fsp3) is 1.00. The van der Waals surface area contributed by atoms with Crippen LogP contribution in [-0.2, 0) is 4.74 Å². The summed E-state index contributed by atoms with van der Waals surface area (Å²) in [4.78, 5) is 2.54. The highest BCUT2D eigenvalue weighted by molar-refractivity contribution is 4.86. The Hall–Kier alpha value is -0.120. The van der Waals surface area contributed by atoms with Gasteiger partial charge in [0.15, 0.2) is 0 Å². The van der Waals surface area contributed by atoms with E-state index in [0.29, 0.717) is 12.1 Å². The molecule has 3 heteroatoms. The molecule has 1 saturated heterocycles. The summed E-state index contributed by atoms with van der Waals surface area (Å²) in [5.74, 6) is 0.782. The smallest absolute Gasteiger partial charge is 0.0996 e. The first-order valence-corrected chi connectivity index (χ1v) is 7.36. The van der Waals surface area contributed by atoms with Crippen molar-refractivity contribution in [2.75, 3.05) is 13.3 Å². The molecule has 0 bridgehead atoms. The number of rotatable bonds is 1. The fourth-order valence-electron chi connectivity index (χ4n) is 3.83. The van der Waals surface area contributed by atoms with Crippen molar-refractivity contribution in [1.29, 1.82) is 0 Å². The van der Waals surface area contributed by atoms with E-state index in [9.17, 15) is 5.11 Å². The van der Waals surface area contributed by atoms with Gasteiger partial charge >= 0.3 is 0 Å². The Morgan fingerprint density at radius 3 is 2.53 bits per heavy atom. The molecule has 3 nitrogen and oxygen atoms in total. The van der Waals surface area contributed by atoms with Gasteiger partial charge in [-0.25, -0.2) is 0 Å². The van der Waals surface area contributed by atoms with Crippen molar-refractivity contribution in [2.45, 2.75) is 69.6 Å². The molecule has 0 aromatic carbocycles. The molecule has 2 unspecified atom stereocenters. The summed E-state index contributed by atoms with van der Waals surface area (Å²) < 4.78 is 6.04. The van der Waals surface area contributed by atoms with Crippen LogP contribution in [0.3, 0.4) is 0 Å². The summed E-state index contributed by atoms with van der Waals surface area (Å²) in [7, 11) is 0. The normalized spacial score (nSPS) is 44.3. The van der Waals surface area contributed by atoms with Gasteiger partial charge in [0.25, 0.3) is 0 Å². The van der Waals surface area contributed by atoms with Crippen molar-refractivity contribution >= 4 is 0 Å².